The lowest BCUT2D eigenvalue weighted by Crippen LogP contribution is -2.23. The minimum absolute atomic E-state index is 0.0264. The van der Waals surface area contributed by atoms with Crippen LogP contribution in [0.2, 0.25) is 0 Å². The highest BCUT2D eigenvalue weighted by atomic mass is 31.1. The van der Waals surface area contributed by atoms with Gasteiger partial charge in [0, 0.05) is 0 Å². The number of hydrogen-bond acceptors (Lipinski definition) is 0. The third-order valence-electron chi connectivity index (χ3n) is 6.94. The van der Waals surface area contributed by atoms with Gasteiger partial charge in [-0.25, -0.2) is 0 Å². The molecule has 2 rings (SSSR count). The molecule has 0 nitrogen and oxygen atoms in total. The van der Waals surface area contributed by atoms with E-state index in [9.17, 15) is 0 Å². The van der Waals surface area contributed by atoms with Gasteiger partial charge in [0.2, 0.25) is 0 Å². The summed E-state index contributed by atoms with van der Waals surface area (Å²) in [4.78, 5) is 0. The first-order chi connectivity index (χ1) is 14.3. The molecule has 1 heteroatoms. The van der Waals surface area contributed by atoms with Gasteiger partial charge in [-0.3, -0.25) is 0 Å². The van der Waals surface area contributed by atoms with Crippen LogP contribution in [0, 0.1) is 0 Å². The molecular formula is C28H49P. The monoisotopic (exact) mass is 416 g/mol. The van der Waals surface area contributed by atoms with Crippen molar-refractivity contribution in [3.05, 3.63) is 28.8 Å². The molecule has 0 bridgehead atoms. The topological polar surface area (TPSA) is 0 Å². The number of hydrogen-bond donors (Lipinski definition) is 0. The van der Waals surface area contributed by atoms with Crippen LogP contribution in [0.15, 0.2) is 12.1 Å². The Labute approximate surface area is 184 Å². The van der Waals surface area contributed by atoms with E-state index in [1.807, 2.05) is 10.9 Å². The summed E-state index contributed by atoms with van der Waals surface area (Å²) in [6, 6.07) is 5.22. The number of aryl methyl sites for hydroxylation is 1. The van der Waals surface area contributed by atoms with Crippen LogP contribution in [0.4, 0.5) is 0 Å². The first-order valence-electron chi connectivity index (χ1n) is 13.2. The van der Waals surface area contributed by atoms with Gasteiger partial charge >= 0.3 is 0 Å². The van der Waals surface area contributed by atoms with Crippen molar-refractivity contribution in [2.75, 3.05) is 6.16 Å². The maximum atomic E-state index is 2.64. The van der Waals surface area contributed by atoms with Crippen LogP contribution in [0.3, 0.4) is 0 Å². The van der Waals surface area contributed by atoms with E-state index in [-0.39, 0.29) is 7.92 Å². The summed E-state index contributed by atoms with van der Waals surface area (Å²) in [5, 5.41) is 1.85. The van der Waals surface area contributed by atoms with E-state index in [4.69, 9.17) is 0 Å². The van der Waals surface area contributed by atoms with Gasteiger partial charge in [-0.2, -0.15) is 0 Å². The van der Waals surface area contributed by atoms with Crippen LogP contribution in [-0.2, 0) is 19.3 Å². The van der Waals surface area contributed by atoms with Gasteiger partial charge < -0.3 is 0 Å². The third-order valence-corrected chi connectivity index (χ3v) is 10.2. The van der Waals surface area contributed by atoms with Crippen molar-refractivity contribution in [2.45, 2.75) is 136 Å². The minimum atomic E-state index is 0.0264. The molecule has 0 N–H and O–H groups in total. The molecule has 1 aliphatic rings. The summed E-state index contributed by atoms with van der Waals surface area (Å²) in [7, 11) is 0.0264. The largest absolute Gasteiger partial charge is 0.0718 e. The van der Waals surface area contributed by atoms with Crippen LogP contribution in [-0.4, -0.2) is 11.8 Å². The molecule has 1 saturated carbocycles. The SMILES string of the molecule is CCCCc1ccc(P(CCCC)C2CCCCC2)c(CCCC)c1CCCC. The predicted molar refractivity (Wildman–Crippen MR) is 135 cm³/mol. The molecule has 0 amide bonds. The van der Waals surface area contributed by atoms with Gasteiger partial charge in [-0.05, 0) is 91.6 Å². The highest BCUT2D eigenvalue weighted by molar-refractivity contribution is 7.66. The maximum Gasteiger partial charge on any atom is -0.0169 e. The van der Waals surface area contributed by atoms with Gasteiger partial charge in [0.05, 0.1) is 0 Å². The van der Waals surface area contributed by atoms with E-state index < -0.39 is 0 Å². The van der Waals surface area contributed by atoms with Crippen LogP contribution in [0.25, 0.3) is 0 Å². The lowest BCUT2D eigenvalue weighted by molar-refractivity contribution is 0.511. The summed E-state index contributed by atoms with van der Waals surface area (Å²) < 4.78 is 0. The Hall–Kier alpha value is -0.350. The summed E-state index contributed by atoms with van der Waals surface area (Å²) in [6.45, 7) is 9.45. The van der Waals surface area contributed by atoms with Crippen molar-refractivity contribution < 1.29 is 0 Å². The highest BCUT2D eigenvalue weighted by Gasteiger charge is 2.27. The first-order valence-corrected chi connectivity index (χ1v) is 14.8. The second kappa shape index (κ2) is 14.6. The van der Waals surface area contributed by atoms with Crippen molar-refractivity contribution in [2.24, 2.45) is 0 Å². The van der Waals surface area contributed by atoms with Gasteiger partial charge in [0.1, 0.15) is 0 Å². The minimum Gasteiger partial charge on any atom is -0.0718 e. The van der Waals surface area contributed by atoms with E-state index in [0.717, 1.165) is 5.66 Å². The zero-order chi connectivity index (χ0) is 20.9. The highest BCUT2D eigenvalue weighted by Crippen LogP contribution is 2.49. The molecule has 1 aromatic rings. The second-order valence-corrected chi connectivity index (χ2v) is 11.9. The van der Waals surface area contributed by atoms with E-state index in [2.05, 4.69) is 39.8 Å². The third kappa shape index (κ3) is 7.69. The molecule has 0 aromatic heterocycles. The molecule has 1 unspecified atom stereocenters. The molecule has 0 aliphatic heterocycles. The average Bonchev–Trinajstić information content (AvgIpc) is 2.76. The Morgan fingerprint density at radius 3 is 1.90 bits per heavy atom. The fraction of sp³-hybridized carbons (Fsp3) is 0.786. The van der Waals surface area contributed by atoms with E-state index >= 15 is 0 Å². The van der Waals surface area contributed by atoms with Crippen LogP contribution in [0.5, 0.6) is 0 Å². The predicted octanol–water partition coefficient (Wildman–Crippen LogP) is 8.95. The first kappa shape index (κ1) is 24.9. The number of rotatable bonds is 14. The van der Waals surface area contributed by atoms with Gasteiger partial charge in [0.15, 0.2) is 0 Å². The van der Waals surface area contributed by atoms with Crippen molar-refractivity contribution in [1.29, 1.82) is 0 Å². The van der Waals surface area contributed by atoms with Gasteiger partial charge in [-0.15, -0.1) is 0 Å². The Morgan fingerprint density at radius 2 is 1.28 bits per heavy atom. The summed E-state index contributed by atoms with van der Waals surface area (Å²) in [5.74, 6) is 0. The van der Waals surface area contributed by atoms with Crippen molar-refractivity contribution >= 4 is 13.2 Å². The second-order valence-electron chi connectivity index (χ2n) is 9.35. The smallest absolute Gasteiger partial charge is 0.0169 e. The van der Waals surface area contributed by atoms with E-state index in [0.29, 0.717) is 0 Å². The molecule has 1 aromatic carbocycles. The van der Waals surface area contributed by atoms with Crippen molar-refractivity contribution in [3.63, 3.8) is 0 Å². The molecule has 0 heterocycles. The van der Waals surface area contributed by atoms with Crippen LogP contribution >= 0.6 is 7.92 Å². The van der Waals surface area contributed by atoms with Crippen LogP contribution < -0.4 is 5.30 Å². The Morgan fingerprint density at radius 1 is 0.690 bits per heavy atom. The van der Waals surface area contributed by atoms with Crippen molar-refractivity contribution in [1.82, 2.24) is 0 Å². The maximum absolute atomic E-state index is 2.64. The summed E-state index contributed by atoms with van der Waals surface area (Å²) >= 11 is 0. The molecule has 1 aliphatic carbocycles. The fourth-order valence-electron chi connectivity index (χ4n) is 5.12. The quantitative estimate of drug-likeness (QED) is 0.265. The van der Waals surface area contributed by atoms with Crippen LogP contribution in [0.1, 0.15) is 128 Å². The summed E-state index contributed by atoms with van der Waals surface area (Å²) in [6.07, 6.45) is 23.7. The summed E-state index contributed by atoms with van der Waals surface area (Å²) in [5.41, 5.74) is 6.34. The average molecular weight is 417 g/mol. The normalized spacial score (nSPS) is 16.3. The van der Waals surface area contributed by atoms with Gasteiger partial charge in [-0.1, -0.05) is 92.7 Å². The Balaban J connectivity index is 2.46. The molecule has 29 heavy (non-hydrogen) atoms. The Bertz CT molecular complexity index is 556. The number of benzene rings is 1. The zero-order valence-corrected chi connectivity index (χ0v) is 21.1. The molecule has 166 valence electrons. The van der Waals surface area contributed by atoms with E-state index in [1.54, 1.807) is 11.1 Å². The molecule has 0 saturated heterocycles. The van der Waals surface area contributed by atoms with Gasteiger partial charge in [0.25, 0.3) is 0 Å². The van der Waals surface area contributed by atoms with Crippen molar-refractivity contribution in [3.8, 4) is 0 Å². The molecular weight excluding hydrogens is 367 g/mol. The Kier molecular flexibility index (Phi) is 12.6. The van der Waals surface area contributed by atoms with E-state index in [1.165, 1.54) is 109 Å². The molecule has 0 spiro atoms. The fourth-order valence-corrected chi connectivity index (χ4v) is 8.62. The number of unbranched alkanes of at least 4 members (excludes halogenated alkanes) is 4. The molecule has 1 fully saturated rings. The molecule has 0 radical (unpaired) electrons. The standard InChI is InChI=1S/C28H49P/c1-5-9-16-24-21-22-28(27(20-11-7-3)26(24)19-10-6-2)29(23-12-8-4)25-17-14-13-15-18-25/h21-22,25H,5-20,23H2,1-4H3. The molecule has 1 atom stereocenters. The zero-order valence-electron chi connectivity index (χ0n) is 20.2. The lowest BCUT2D eigenvalue weighted by Gasteiger charge is -2.34. The lowest BCUT2D eigenvalue weighted by atomic mass is 9.91.